The molecule has 0 atom stereocenters. The average molecular weight is 465 g/mol. The van der Waals surface area contributed by atoms with Crippen molar-refractivity contribution < 1.29 is 14.3 Å². The molecule has 1 aliphatic heterocycles. The molecular formula is C25H32N6O3. The third-order valence-corrected chi connectivity index (χ3v) is 6.55. The number of anilines is 1. The highest BCUT2D eigenvalue weighted by Gasteiger charge is 2.26. The number of hydrogen-bond acceptors (Lipinski definition) is 6. The Morgan fingerprint density at radius 1 is 1.18 bits per heavy atom. The van der Waals surface area contributed by atoms with Crippen LogP contribution in [0.4, 0.5) is 5.95 Å². The lowest BCUT2D eigenvalue weighted by atomic mass is 10.0. The van der Waals surface area contributed by atoms with E-state index in [0.717, 1.165) is 54.8 Å². The number of hydrogen-bond donors (Lipinski definition) is 1. The highest BCUT2D eigenvalue weighted by molar-refractivity contribution is 5.97. The summed E-state index contributed by atoms with van der Waals surface area (Å²) in [5.41, 5.74) is 7.91. The summed E-state index contributed by atoms with van der Waals surface area (Å²) in [5, 5.41) is 1.03. The highest BCUT2D eigenvalue weighted by atomic mass is 16.5. The molecule has 1 aliphatic rings. The van der Waals surface area contributed by atoms with Crippen LogP contribution in [-0.2, 0) is 22.5 Å². The van der Waals surface area contributed by atoms with Gasteiger partial charge in [-0.2, -0.15) is 0 Å². The Kier molecular flexibility index (Phi) is 7.42. The Morgan fingerprint density at radius 2 is 1.91 bits per heavy atom. The SMILES string of the molecule is CCc1cnc(N2CCC(N(C)C(=O)COCCn3ccc4ccc(C(N)=O)cc43)CC2)nc1. The number of aromatic nitrogens is 3. The maximum atomic E-state index is 12.7. The number of fused-ring (bicyclic) bond motifs is 1. The van der Waals surface area contributed by atoms with Gasteiger partial charge >= 0.3 is 0 Å². The van der Waals surface area contributed by atoms with Crippen LogP contribution in [0.3, 0.4) is 0 Å². The molecule has 0 bridgehead atoms. The smallest absolute Gasteiger partial charge is 0.248 e. The molecule has 0 aliphatic carbocycles. The Bertz CT molecular complexity index is 1140. The quantitative estimate of drug-likeness (QED) is 0.487. The first-order valence-electron chi connectivity index (χ1n) is 11.7. The van der Waals surface area contributed by atoms with E-state index in [0.29, 0.717) is 18.7 Å². The molecule has 34 heavy (non-hydrogen) atoms. The van der Waals surface area contributed by atoms with Crippen LogP contribution in [-0.4, -0.2) is 70.6 Å². The van der Waals surface area contributed by atoms with E-state index in [2.05, 4.69) is 21.8 Å². The van der Waals surface area contributed by atoms with Crippen LogP contribution in [0.1, 0.15) is 35.7 Å². The number of benzene rings is 1. The lowest BCUT2D eigenvalue weighted by Gasteiger charge is -2.36. The van der Waals surface area contributed by atoms with Gasteiger partial charge in [-0.15, -0.1) is 0 Å². The minimum Gasteiger partial charge on any atom is -0.370 e. The van der Waals surface area contributed by atoms with E-state index in [1.54, 1.807) is 12.1 Å². The first-order valence-corrected chi connectivity index (χ1v) is 11.7. The second-order valence-corrected chi connectivity index (χ2v) is 8.67. The van der Waals surface area contributed by atoms with Gasteiger partial charge in [0.15, 0.2) is 0 Å². The number of carbonyl (C=O) groups excluding carboxylic acids is 2. The predicted octanol–water partition coefficient (Wildman–Crippen LogP) is 2.24. The Balaban J connectivity index is 1.22. The van der Waals surface area contributed by atoms with Crippen LogP contribution in [0.5, 0.6) is 0 Å². The summed E-state index contributed by atoms with van der Waals surface area (Å²) >= 11 is 0. The van der Waals surface area contributed by atoms with Gasteiger partial charge in [0.1, 0.15) is 6.61 Å². The number of ether oxygens (including phenoxy) is 1. The summed E-state index contributed by atoms with van der Waals surface area (Å²) in [5.74, 6) is 0.288. The molecule has 0 unspecified atom stereocenters. The van der Waals surface area contributed by atoms with Gasteiger partial charge < -0.3 is 24.8 Å². The minimum atomic E-state index is -0.452. The number of aryl methyl sites for hydroxylation is 1. The molecule has 2 N–H and O–H groups in total. The van der Waals surface area contributed by atoms with Gasteiger partial charge in [-0.25, -0.2) is 9.97 Å². The van der Waals surface area contributed by atoms with E-state index in [1.807, 2.05) is 47.2 Å². The normalized spacial score (nSPS) is 14.5. The third-order valence-electron chi connectivity index (χ3n) is 6.55. The largest absolute Gasteiger partial charge is 0.370 e. The fourth-order valence-corrected chi connectivity index (χ4v) is 4.31. The summed E-state index contributed by atoms with van der Waals surface area (Å²) in [6.45, 7) is 4.75. The Morgan fingerprint density at radius 3 is 2.59 bits per heavy atom. The van der Waals surface area contributed by atoms with Crippen molar-refractivity contribution in [2.75, 3.05) is 38.3 Å². The summed E-state index contributed by atoms with van der Waals surface area (Å²) in [6.07, 6.45) is 8.39. The van der Waals surface area contributed by atoms with Crippen LogP contribution >= 0.6 is 0 Å². The number of rotatable bonds is 9. The van der Waals surface area contributed by atoms with Crippen molar-refractivity contribution in [1.29, 1.82) is 0 Å². The summed E-state index contributed by atoms with van der Waals surface area (Å²) in [4.78, 5) is 37.0. The maximum Gasteiger partial charge on any atom is 0.248 e. The third kappa shape index (κ3) is 5.36. The summed E-state index contributed by atoms with van der Waals surface area (Å²) in [6, 6.07) is 7.55. The first-order chi connectivity index (χ1) is 16.5. The molecule has 0 saturated carbocycles. The molecule has 3 aromatic rings. The number of primary amides is 1. The molecule has 0 spiro atoms. The molecule has 0 radical (unpaired) electrons. The van der Waals surface area contributed by atoms with E-state index >= 15 is 0 Å². The zero-order valence-corrected chi connectivity index (χ0v) is 19.8. The van der Waals surface area contributed by atoms with E-state index in [4.69, 9.17) is 10.5 Å². The average Bonchev–Trinajstić information content (AvgIpc) is 3.28. The molecule has 3 heterocycles. The van der Waals surface area contributed by atoms with Crippen molar-refractivity contribution >= 4 is 28.7 Å². The van der Waals surface area contributed by atoms with Gasteiger partial charge in [-0.1, -0.05) is 13.0 Å². The van der Waals surface area contributed by atoms with Crippen LogP contribution < -0.4 is 10.6 Å². The molecule has 9 nitrogen and oxygen atoms in total. The van der Waals surface area contributed by atoms with Gasteiger partial charge in [0.25, 0.3) is 0 Å². The molecular weight excluding hydrogens is 432 g/mol. The summed E-state index contributed by atoms with van der Waals surface area (Å²) in [7, 11) is 1.85. The number of likely N-dealkylation sites (N-methyl/N-ethyl adjacent to an activating group) is 1. The van der Waals surface area contributed by atoms with Crippen LogP contribution in [0.15, 0.2) is 42.9 Å². The highest BCUT2D eigenvalue weighted by Crippen LogP contribution is 2.20. The second kappa shape index (κ2) is 10.6. The molecule has 2 aromatic heterocycles. The standard InChI is InChI=1S/C25H32N6O3/c1-3-18-15-27-25(28-16-18)31-10-7-21(8-11-31)29(2)23(32)17-34-13-12-30-9-6-19-4-5-20(24(26)33)14-22(19)30/h4-6,9,14-16,21H,3,7-8,10-13,17H2,1-2H3,(H2,26,33). The maximum absolute atomic E-state index is 12.7. The van der Waals surface area contributed by atoms with Crippen molar-refractivity contribution in [3.8, 4) is 0 Å². The Hall–Kier alpha value is -3.46. The fraction of sp³-hybridized carbons (Fsp3) is 0.440. The van der Waals surface area contributed by atoms with Crippen molar-refractivity contribution in [1.82, 2.24) is 19.4 Å². The summed E-state index contributed by atoms with van der Waals surface area (Å²) < 4.78 is 7.69. The fourth-order valence-electron chi connectivity index (χ4n) is 4.31. The number of carbonyl (C=O) groups is 2. The van der Waals surface area contributed by atoms with Crippen molar-refractivity contribution in [3.63, 3.8) is 0 Å². The lowest BCUT2D eigenvalue weighted by molar-refractivity contribution is -0.137. The molecule has 4 rings (SSSR count). The number of amides is 2. The number of nitrogens with zero attached hydrogens (tertiary/aromatic N) is 5. The molecule has 1 aromatic carbocycles. The van der Waals surface area contributed by atoms with Gasteiger partial charge in [-0.3, -0.25) is 9.59 Å². The van der Waals surface area contributed by atoms with Gasteiger partial charge in [0, 0.05) is 62.4 Å². The van der Waals surface area contributed by atoms with Gasteiger partial charge in [-0.05, 0) is 48.4 Å². The number of piperidine rings is 1. The molecule has 180 valence electrons. The monoisotopic (exact) mass is 464 g/mol. The predicted molar refractivity (Wildman–Crippen MR) is 131 cm³/mol. The number of nitrogens with two attached hydrogens (primary N) is 1. The van der Waals surface area contributed by atoms with E-state index in [1.165, 1.54) is 0 Å². The van der Waals surface area contributed by atoms with Crippen molar-refractivity contribution in [2.45, 2.75) is 38.8 Å². The minimum absolute atomic E-state index is 0.0182. The van der Waals surface area contributed by atoms with Crippen LogP contribution in [0, 0.1) is 0 Å². The molecule has 1 fully saturated rings. The molecule has 9 heteroatoms. The van der Waals surface area contributed by atoms with Gasteiger partial charge in [0.05, 0.1) is 6.61 Å². The molecule has 2 amide bonds. The van der Waals surface area contributed by atoms with Crippen LogP contribution in [0.2, 0.25) is 0 Å². The van der Waals surface area contributed by atoms with E-state index < -0.39 is 5.91 Å². The first kappa shape index (κ1) is 23.7. The topological polar surface area (TPSA) is 107 Å². The van der Waals surface area contributed by atoms with E-state index in [-0.39, 0.29) is 18.6 Å². The lowest BCUT2D eigenvalue weighted by Crippen LogP contribution is -2.47. The van der Waals surface area contributed by atoms with Crippen LogP contribution in [0.25, 0.3) is 10.9 Å². The van der Waals surface area contributed by atoms with Crippen molar-refractivity contribution in [2.24, 2.45) is 5.73 Å². The zero-order valence-electron chi connectivity index (χ0n) is 19.8. The molecule has 1 saturated heterocycles. The Labute approximate surface area is 199 Å². The van der Waals surface area contributed by atoms with E-state index in [9.17, 15) is 9.59 Å². The zero-order chi connectivity index (χ0) is 24.1. The second-order valence-electron chi connectivity index (χ2n) is 8.67. The van der Waals surface area contributed by atoms with Crippen molar-refractivity contribution in [3.05, 3.63) is 54.0 Å². The van der Waals surface area contributed by atoms with Gasteiger partial charge in [0.2, 0.25) is 17.8 Å².